The average Bonchev–Trinajstić information content (AvgIpc) is 2.86. The van der Waals surface area contributed by atoms with E-state index in [1.54, 1.807) is 12.3 Å². The topological polar surface area (TPSA) is 51.8 Å². The largest absolute Gasteiger partial charge is 0.375 e. The van der Waals surface area contributed by atoms with Crippen LogP contribution in [0.2, 0.25) is 5.15 Å². The molecule has 0 radical (unpaired) electrons. The normalized spacial score (nSPS) is 10.7. The number of thiazole rings is 1. The number of aromatic nitrogens is 2. The van der Waals surface area contributed by atoms with Gasteiger partial charge in [0, 0.05) is 23.6 Å². The van der Waals surface area contributed by atoms with E-state index in [2.05, 4.69) is 22.1 Å². The molecule has 0 unspecified atom stereocenters. The second-order valence-corrected chi connectivity index (χ2v) is 5.66. The lowest BCUT2D eigenvalue weighted by atomic mass is 9.98. The minimum Gasteiger partial charge on any atom is -0.375 e. The van der Waals surface area contributed by atoms with E-state index in [4.69, 9.17) is 17.3 Å². The van der Waals surface area contributed by atoms with Crippen molar-refractivity contribution in [2.75, 3.05) is 5.73 Å². The van der Waals surface area contributed by atoms with Crippen molar-refractivity contribution in [1.29, 1.82) is 0 Å². The van der Waals surface area contributed by atoms with Gasteiger partial charge in [0.25, 0.3) is 0 Å². The smallest absolute Gasteiger partial charge is 0.180 e. The molecule has 3 rings (SSSR count). The van der Waals surface area contributed by atoms with Gasteiger partial charge in [-0.15, -0.1) is 11.3 Å². The molecular formula is C15H12ClN3S. The number of rotatable bonds is 3. The molecule has 0 aliphatic carbocycles. The molecule has 0 fully saturated rings. The Morgan fingerprint density at radius 2 is 2.00 bits per heavy atom. The van der Waals surface area contributed by atoms with Crippen molar-refractivity contribution in [3.05, 3.63) is 64.4 Å². The summed E-state index contributed by atoms with van der Waals surface area (Å²) < 4.78 is 0. The van der Waals surface area contributed by atoms with E-state index in [9.17, 15) is 0 Å². The number of halogens is 1. The van der Waals surface area contributed by atoms with Crippen LogP contribution in [-0.4, -0.2) is 9.97 Å². The van der Waals surface area contributed by atoms with Gasteiger partial charge in [-0.3, -0.25) is 0 Å². The number of anilines is 1. The highest BCUT2D eigenvalue weighted by Crippen LogP contribution is 2.26. The summed E-state index contributed by atoms with van der Waals surface area (Å²) in [5.74, 6) is 0. The molecule has 2 N–H and O–H groups in total. The Bertz CT molecular complexity index is 722. The van der Waals surface area contributed by atoms with Crippen molar-refractivity contribution in [2.45, 2.75) is 6.42 Å². The first-order chi connectivity index (χ1) is 9.72. The zero-order valence-electron chi connectivity index (χ0n) is 10.6. The minimum absolute atomic E-state index is 0.499. The van der Waals surface area contributed by atoms with Gasteiger partial charge in [-0.1, -0.05) is 35.9 Å². The molecule has 2 aromatic heterocycles. The fourth-order valence-electron chi connectivity index (χ4n) is 2.09. The summed E-state index contributed by atoms with van der Waals surface area (Å²) >= 11 is 7.30. The van der Waals surface area contributed by atoms with Crippen molar-refractivity contribution < 1.29 is 0 Å². The summed E-state index contributed by atoms with van der Waals surface area (Å²) in [4.78, 5) is 8.45. The second kappa shape index (κ2) is 5.61. The van der Waals surface area contributed by atoms with E-state index >= 15 is 0 Å². The third kappa shape index (κ3) is 2.81. The lowest BCUT2D eigenvalue weighted by Gasteiger charge is -2.08. The summed E-state index contributed by atoms with van der Waals surface area (Å²) in [6.07, 6.45) is 2.54. The van der Waals surface area contributed by atoms with Crippen LogP contribution in [0.3, 0.4) is 0 Å². The highest BCUT2D eigenvalue weighted by atomic mass is 35.5. The Labute approximate surface area is 126 Å². The quantitative estimate of drug-likeness (QED) is 0.743. The lowest BCUT2D eigenvalue weighted by Crippen LogP contribution is -1.93. The summed E-state index contributed by atoms with van der Waals surface area (Å²) in [6.45, 7) is 0. The molecule has 0 saturated heterocycles. The molecule has 0 bridgehead atoms. The molecule has 0 saturated carbocycles. The van der Waals surface area contributed by atoms with Gasteiger partial charge in [-0.25, -0.2) is 9.97 Å². The van der Waals surface area contributed by atoms with Gasteiger partial charge >= 0.3 is 0 Å². The van der Waals surface area contributed by atoms with Crippen LogP contribution >= 0.6 is 22.9 Å². The van der Waals surface area contributed by atoms with Crippen molar-refractivity contribution in [3.63, 3.8) is 0 Å². The molecule has 0 aliphatic heterocycles. The van der Waals surface area contributed by atoms with E-state index in [0.29, 0.717) is 10.3 Å². The van der Waals surface area contributed by atoms with E-state index in [1.807, 2.05) is 23.6 Å². The number of hydrogen-bond donors (Lipinski definition) is 1. The summed E-state index contributed by atoms with van der Waals surface area (Å²) in [7, 11) is 0. The SMILES string of the molecule is Nc1nc(Cc2ccccc2-c2ccc(Cl)nc2)cs1. The molecular weight excluding hydrogens is 290 g/mol. The van der Waals surface area contributed by atoms with Crippen molar-refractivity contribution in [1.82, 2.24) is 9.97 Å². The summed E-state index contributed by atoms with van der Waals surface area (Å²) in [5.41, 5.74) is 10.1. The summed E-state index contributed by atoms with van der Waals surface area (Å²) in [6, 6.07) is 12.0. The lowest BCUT2D eigenvalue weighted by molar-refractivity contribution is 1.11. The van der Waals surface area contributed by atoms with Crippen LogP contribution in [0.5, 0.6) is 0 Å². The van der Waals surface area contributed by atoms with Crippen LogP contribution in [0.15, 0.2) is 48.0 Å². The van der Waals surface area contributed by atoms with Crippen LogP contribution < -0.4 is 5.73 Å². The van der Waals surface area contributed by atoms with Gasteiger partial charge in [0.2, 0.25) is 0 Å². The predicted octanol–water partition coefficient (Wildman–Crippen LogP) is 4.03. The number of benzene rings is 1. The molecule has 100 valence electrons. The van der Waals surface area contributed by atoms with E-state index in [-0.39, 0.29) is 0 Å². The third-order valence-corrected chi connectivity index (χ3v) is 3.94. The fourth-order valence-corrected chi connectivity index (χ4v) is 2.76. The predicted molar refractivity (Wildman–Crippen MR) is 84.0 cm³/mol. The Balaban J connectivity index is 1.97. The van der Waals surface area contributed by atoms with E-state index < -0.39 is 0 Å². The van der Waals surface area contributed by atoms with Gasteiger partial charge in [-0.05, 0) is 23.3 Å². The first-order valence-electron chi connectivity index (χ1n) is 6.12. The number of nitrogens with two attached hydrogens (primary N) is 1. The second-order valence-electron chi connectivity index (χ2n) is 4.38. The monoisotopic (exact) mass is 301 g/mol. The first-order valence-corrected chi connectivity index (χ1v) is 7.38. The molecule has 3 nitrogen and oxygen atoms in total. The molecule has 3 aromatic rings. The number of hydrogen-bond acceptors (Lipinski definition) is 4. The maximum absolute atomic E-state index is 5.84. The zero-order chi connectivity index (χ0) is 13.9. The molecule has 2 heterocycles. The Hall–Kier alpha value is -1.91. The van der Waals surface area contributed by atoms with Crippen molar-refractivity contribution in [2.24, 2.45) is 0 Å². The molecule has 0 aliphatic rings. The molecule has 0 amide bonds. The molecule has 0 spiro atoms. The highest BCUT2D eigenvalue weighted by molar-refractivity contribution is 7.13. The van der Waals surface area contributed by atoms with Gasteiger partial charge in [-0.2, -0.15) is 0 Å². The Kier molecular flexibility index (Phi) is 3.67. The zero-order valence-corrected chi connectivity index (χ0v) is 12.2. The highest BCUT2D eigenvalue weighted by Gasteiger charge is 2.08. The molecule has 0 atom stereocenters. The number of pyridine rings is 1. The average molecular weight is 302 g/mol. The van der Waals surface area contributed by atoms with Gasteiger partial charge in [0.05, 0.1) is 5.69 Å². The maximum Gasteiger partial charge on any atom is 0.180 e. The Morgan fingerprint density at radius 3 is 2.70 bits per heavy atom. The number of nitrogens with zero attached hydrogens (tertiary/aromatic N) is 2. The molecule has 5 heteroatoms. The van der Waals surface area contributed by atoms with Gasteiger partial charge in [0.15, 0.2) is 5.13 Å². The molecule has 1 aromatic carbocycles. The van der Waals surface area contributed by atoms with Crippen LogP contribution in [0.1, 0.15) is 11.3 Å². The van der Waals surface area contributed by atoms with Crippen LogP contribution in [-0.2, 0) is 6.42 Å². The van der Waals surface area contributed by atoms with E-state index in [0.717, 1.165) is 23.2 Å². The standard InChI is InChI=1S/C15H12ClN3S/c16-14-6-5-11(8-18-14)13-4-2-1-3-10(13)7-12-9-20-15(17)19-12/h1-6,8-9H,7H2,(H2,17,19). The third-order valence-electron chi connectivity index (χ3n) is 3.00. The Morgan fingerprint density at radius 1 is 1.15 bits per heavy atom. The van der Waals surface area contributed by atoms with Crippen LogP contribution in [0.4, 0.5) is 5.13 Å². The first kappa shape index (κ1) is 13.1. The van der Waals surface area contributed by atoms with Crippen molar-refractivity contribution in [3.8, 4) is 11.1 Å². The number of nitrogen functional groups attached to an aromatic ring is 1. The van der Waals surface area contributed by atoms with Gasteiger partial charge in [0.1, 0.15) is 5.15 Å². The van der Waals surface area contributed by atoms with E-state index in [1.165, 1.54) is 16.9 Å². The maximum atomic E-state index is 5.84. The van der Waals surface area contributed by atoms with Crippen LogP contribution in [0.25, 0.3) is 11.1 Å². The van der Waals surface area contributed by atoms with Gasteiger partial charge < -0.3 is 5.73 Å². The molecule has 20 heavy (non-hydrogen) atoms. The minimum atomic E-state index is 0.499. The summed E-state index contributed by atoms with van der Waals surface area (Å²) in [5, 5.41) is 3.09. The fraction of sp³-hybridized carbons (Fsp3) is 0.0667. The van der Waals surface area contributed by atoms with Crippen molar-refractivity contribution >= 4 is 28.1 Å². The van der Waals surface area contributed by atoms with Crippen LogP contribution in [0, 0.1) is 0 Å².